The molecular formula is C12H15N3O2S. The zero-order valence-corrected chi connectivity index (χ0v) is 10.8. The topological polar surface area (TPSA) is 65.3 Å². The Labute approximate surface area is 110 Å². The highest BCUT2D eigenvalue weighted by Gasteiger charge is 2.31. The fourth-order valence-corrected chi connectivity index (χ4v) is 3.25. The Hall–Kier alpha value is -0.980. The van der Waals surface area contributed by atoms with Gasteiger partial charge in [-0.2, -0.15) is 4.99 Å². The predicted molar refractivity (Wildman–Crippen MR) is 72.1 cm³/mol. The number of fused-ring (bicyclic) bond motifs is 1. The number of hydrogen-bond acceptors (Lipinski definition) is 5. The SMILES string of the molecule is O=C1N=C(CN2CCCC(O)C2)N=C2C=CSC12. The Kier molecular flexibility index (Phi) is 3.32. The van der Waals surface area contributed by atoms with Gasteiger partial charge < -0.3 is 5.11 Å². The van der Waals surface area contributed by atoms with Gasteiger partial charge in [0.25, 0.3) is 5.91 Å². The van der Waals surface area contributed by atoms with Crippen LogP contribution in [0.1, 0.15) is 12.8 Å². The van der Waals surface area contributed by atoms with E-state index in [0.717, 1.165) is 25.1 Å². The van der Waals surface area contributed by atoms with Crippen LogP contribution in [0, 0.1) is 0 Å². The molecule has 18 heavy (non-hydrogen) atoms. The first-order valence-electron chi connectivity index (χ1n) is 6.15. The average molecular weight is 265 g/mol. The molecule has 0 radical (unpaired) electrons. The van der Waals surface area contributed by atoms with Crippen LogP contribution in [-0.4, -0.2) is 58.4 Å². The molecule has 2 atom stereocenters. The molecule has 0 spiro atoms. The van der Waals surface area contributed by atoms with Crippen molar-refractivity contribution in [2.24, 2.45) is 9.98 Å². The van der Waals surface area contributed by atoms with Crippen LogP contribution in [0.4, 0.5) is 0 Å². The molecule has 3 aliphatic rings. The monoisotopic (exact) mass is 265 g/mol. The number of aliphatic hydroxyl groups is 1. The van der Waals surface area contributed by atoms with Crippen LogP contribution < -0.4 is 0 Å². The molecule has 1 amide bonds. The molecule has 3 rings (SSSR count). The summed E-state index contributed by atoms with van der Waals surface area (Å²) in [5, 5.41) is 11.3. The number of thioether (sulfide) groups is 1. The molecule has 0 bridgehead atoms. The first kappa shape index (κ1) is 12.1. The molecule has 1 N–H and O–H groups in total. The van der Waals surface area contributed by atoms with Gasteiger partial charge in [0.05, 0.1) is 18.4 Å². The number of aliphatic hydroxyl groups excluding tert-OH is 1. The summed E-state index contributed by atoms with van der Waals surface area (Å²) >= 11 is 1.46. The van der Waals surface area contributed by atoms with Crippen LogP contribution in [0.15, 0.2) is 21.5 Å². The number of amidine groups is 1. The molecule has 5 nitrogen and oxygen atoms in total. The van der Waals surface area contributed by atoms with Crippen LogP contribution in [0.3, 0.4) is 0 Å². The summed E-state index contributed by atoms with van der Waals surface area (Å²) in [5.74, 6) is 0.468. The van der Waals surface area contributed by atoms with Gasteiger partial charge in [-0.05, 0) is 30.9 Å². The molecule has 1 saturated heterocycles. The van der Waals surface area contributed by atoms with E-state index in [1.54, 1.807) is 0 Å². The van der Waals surface area contributed by atoms with Gasteiger partial charge in [0.15, 0.2) is 0 Å². The second-order valence-corrected chi connectivity index (χ2v) is 5.77. The van der Waals surface area contributed by atoms with Crippen molar-refractivity contribution < 1.29 is 9.90 Å². The lowest BCUT2D eigenvalue weighted by Crippen LogP contribution is -2.42. The number of hydrogen-bond donors (Lipinski definition) is 1. The van der Waals surface area contributed by atoms with Gasteiger partial charge >= 0.3 is 0 Å². The van der Waals surface area contributed by atoms with Crippen LogP contribution in [0.2, 0.25) is 0 Å². The zero-order chi connectivity index (χ0) is 12.5. The zero-order valence-electron chi connectivity index (χ0n) is 9.95. The normalized spacial score (nSPS) is 32.2. The summed E-state index contributed by atoms with van der Waals surface area (Å²) in [4.78, 5) is 22.4. The smallest absolute Gasteiger partial charge is 0.267 e. The van der Waals surface area contributed by atoms with Gasteiger partial charge in [-0.15, -0.1) is 11.8 Å². The number of aliphatic imine (C=N–C) groups is 2. The molecule has 3 heterocycles. The van der Waals surface area contributed by atoms with Gasteiger partial charge in [-0.1, -0.05) is 0 Å². The fourth-order valence-electron chi connectivity index (χ4n) is 2.43. The number of piperidine rings is 1. The van der Waals surface area contributed by atoms with E-state index in [2.05, 4.69) is 14.9 Å². The first-order chi connectivity index (χ1) is 8.72. The van der Waals surface area contributed by atoms with Crippen molar-refractivity contribution in [1.29, 1.82) is 0 Å². The van der Waals surface area contributed by atoms with Crippen LogP contribution in [-0.2, 0) is 4.79 Å². The number of nitrogens with zero attached hydrogens (tertiary/aromatic N) is 3. The first-order valence-corrected chi connectivity index (χ1v) is 7.09. The summed E-state index contributed by atoms with van der Waals surface area (Å²) in [7, 11) is 0. The van der Waals surface area contributed by atoms with Crippen molar-refractivity contribution >= 4 is 29.2 Å². The highest BCUT2D eigenvalue weighted by molar-refractivity contribution is 8.04. The van der Waals surface area contributed by atoms with Crippen LogP contribution in [0.5, 0.6) is 0 Å². The molecule has 0 saturated carbocycles. The lowest BCUT2D eigenvalue weighted by molar-refractivity contribution is -0.116. The standard InChI is InChI=1S/C12H15N3O2S/c16-8-2-1-4-15(6-8)7-10-13-9-3-5-18-11(9)12(17)14-10/h3,5,8,11,16H,1-2,4,6-7H2. The van der Waals surface area contributed by atoms with E-state index in [9.17, 15) is 9.90 Å². The Morgan fingerprint density at radius 2 is 2.39 bits per heavy atom. The van der Waals surface area contributed by atoms with E-state index < -0.39 is 0 Å². The molecule has 0 aliphatic carbocycles. The molecule has 2 unspecified atom stereocenters. The Balaban J connectivity index is 1.69. The quantitative estimate of drug-likeness (QED) is 0.787. The third-order valence-corrected chi connectivity index (χ3v) is 4.30. The Morgan fingerprint density at radius 3 is 3.22 bits per heavy atom. The number of carbonyl (C=O) groups excluding carboxylic acids is 1. The van der Waals surface area contributed by atoms with Gasteiger partial charge in [-0.3, -0.25) is 9.69 Å². The van der Waals surface area contributed by atoms with Crippen molar-refractivity contribution in [2.45, 2.75) is 24.2 Å². The average Bonchev–Trinajstić information content (AvgIpc) is 2.77. The number of β-amino-alcohol motifs (C(OH)–C–C–N with tert-alkyl or cyclic N) is 1. The maximum atomic E-state index is 11.8. The van der Waals surface area contributed by atoms with Crippen molar-refractivity contribution in [2.75, 3.05) is 19.6 Å². The summed E-state index contributed by atoms with van der Waals surface area (Å²) < 4.78 is 0. The van der Waals surface area contributed by atoms with E-state index in [-0.39, 0.29) is 17.3 Å². The van der Waals surface area contributed by atoms with Gasteiger partial charge in [-0.25, -0.2) is 4.99 Å². The molecule has 6 heteroatoms. The van der Waals surface area contributed by atoms with Crippen molar-refractivity contribution in [3.8, 4) is 0 Å². The third-order valence-electron chi connectivity index (χ3n) is 3.29. The number of likely N-dealkylation sites (tertiary alicyclic amines) is 1. The highest BCUT2D eigenvalue weighted by atomic mass is 32.2. The van der Waals surface area contributed by atoms with Crippen LogP contribution in [0.25, 0.3) is 0 Å². The minimum absolute atomic E-state index is 0.109. The maximum Gasteiger partial charge on any atom is 0.267 e. The Bertz CT molecular complexity index is 458. The van der Waals surface area contributed by atoms with E-state index >= 15 is 0 Å². The minimum Gasteiger partial charge on any atom is -0.392 e. The second kappa shape index (κ2) is 4.95. The van der Waals surface area contributed by atoms with Gasteiger partial charge in [0.2, 0.25) is 0 Å². The number of rotatable bonds is 2. The summed E-state index contributed by atoms with van der Waals surface area (Å²) in [5.41, 5.74) is 0.813. The van der Waals surface area contributed by atoms with E-state index in [1.807, 2.05) is 11.5 Å². The molecule has 3 aliphatic heterocycles. The predicted octanol–water partition coefficient (Wildman–Crippen LogP) is 0.452. The number of carbonyl (C=O) groups is 1. The summed E-state index contributed by atoms with van der Waals surface area (Å²) in [6, 6.07) is 0. The number of allylic oxidation sites excluding steroid dienone is 1. The summed E-state index contributed by atoms with van der Waals surface area (Å²) in [6.45, 7) is 2.13. The van der Waals surface area contributed by atoms with E-state index in [1.165, 1.54) is 11.8 Å². The fraction of sp³-hybridized carbons (Fsp3) is 0.583. The second-order valence-electron chi connectivity index (χ2n) is 4.75. The van der Waals surface area contributed by atoms with Crippen LogP contribution >= 0.6 is 11.8 Å². The van der Waals surface area contributed by atoms with Gasteiger partial charge in [0, 0.05) is 6.54 Å². The molecule has 1 fully saturated rings. The van der Waals surface area contributed by atoms with Gasteiger partial charge in [0.1, 0.15) is 11.1 Å². The summed E-state index contributed by atoms with van der Waals surface area (Å²) in [6.07, 6.45) is 3.46. The van der Waals surface area contributed by atoms with Crippen molar-refractivity contribution in [3.63, 3.8) is 0 Å². The van der Waals surface area contributed by atoms with Crippen molar-refractivity contribution in [1.82, 2.24) is 4.90 Å². The molecule has 0 aromatic heterocycles. The van der Waals surface area contributed by atoms with Crippen molar-refractivity contribution in [3.05, 3.63) is 11.5 Å². The number of amides is 1. The largest absolute Gasteiger partial charge is 0.392 e. The lowest BCUT2D eigenvalue weighted by atomic mass is 10.1. The highest BCUT2D eigenvalue weighted by Crippen LogP contribution is 2.26. The molecule has 0 aromatic carbocycles. The molecule has 96 valence electrons. The minimum atomic E-state index is -0.263. The third kappa shape index (κ3) is 2.41. The van der Waals surface area contributed by atoms with E-state index in [4.69, 9.17) is 0 Å². The lowest BCUT2D eigenvalue weighted by Gasteiger charge is -2.30. The molecular weight excluding hydrogens is 250 g/mol. The maximum absolute atomic E-state index is 11.8. The molecule has 0 aromatic rings. The Morgan fingerprint density at radius 1 is 1.50 bits per heavy atom. The van der Waals surface area contributed by atoms with E-state index in [0.29, 0.717) is 18.9 Å².